The molecule has 138 valence electrons. The molecule has 7 heteroatoms. The van der Waals surface area contributed by atoms with E-state index in [0.717, 1.165) is 25.9 Å². The third kappa shape index (κ3) is 5.35. The second-order valence-corrected chi connectivity index (χ2v) is 5.90. The summed E-state index contributed by atoms with van der Waals surface area (Å²) in [6.45, 7) is 3.79. The van der Waals surface area contributed by atoms with E-state index >= 15 is 0 Å². The van der Waals surface area contributed by atoms with E-state index in [1.54, 1.807) is 39.3 Å². The molecule has 0 unspecified atom stereocenters. The average molecular weight is 350 g/mol. The van der Waals surface area contributed by atoms with E-state index in [0.29, 0.717) is 17.1 Å². The molecule has 25 heavy (non-hydrogen) atoms. The lowest BCUT2D eigenvalue weighted by molar-refractivity contribution is -0.143. The first kappa shape index (κ1) is 19.1. The number of nitrogens with one attached hydrogen (secondary N) is 1. The summed E-state index contributed by atoms with van der Waals surface area (Å²) in [5, 5.41) is 3.29. The monoisotopic (exact) mass is 350 g/mol. The van der Waals surface area contributed by atoms with Crippen molar-refractivity contribution in [2.24, 2.45) is 0 Å². The number of carbonyl (C=O) groups excluding carboxylic acids is 2. The van der Waals surface area contributed by atoms with E-state index in [-0.39, 0.29) is 25.2 Å². The summed E-state index contributed by atoms with van der Waals surface area (Å²) >= 11 is 0. The zero-order valence-corrected chi connectivity index (χ0v) is 15.0. The first-order valence-electron chi connectivity index (χ1n) is 8.51. The number of ether oxygens (including phenoxy) is 3. The maximum atomic E-state index is 12.5. The molecule has 0 bridgehead atoms. The Hall–Kier alpha value is -2.28. The Bertz CT molecular complexity index is 599. The molecule has 1 aromatic carbocycles. The predicted molar refractivity (Wildman–Crippen MR) is 93.1 cm³/mol. The van der Waals surface area contributed by atoms with Crippen molar-refractivity contribution in [3.63, 3.8) is 0 Å². The van der Waals surface area contributed by atoms with Crippen LogP contribution in [0.25, 0.3) is 0 Å². The number of rotatable bonds is 7. The molecule has 1 aromatic rings. The van der Waals surface area contributed by atoms with Crippen molar-refractivity contribution >= 4 is 11.9 Å². The quantitative estimate of drug-likeness (QED) is 0.750. The van der Waals surface area contributed by atoms with Gasteiger partial charge in [0.1, 0.15) is 12.6 Å². The van der Waals surface area contributed by atoms with Crippen molar-refractivity contribution in [3.8, 4) is 11.5 Å². The Morgan fingerprint density at radius 1 is 1.24 bits per heavy atom. The highest BCUT2D eigenvalue weighted by Gasteiger charge is 2.20. The van der Waals surface area contributed by atoms with Gasteiger partial charge in [0, 0.05) is 12.6 Å². The average Bonchev–Trinajstić information content (AvgIpc) is 2.62. The Morgan fingerprint density at radius 2 is 1.96 bits per heavy atom. The lowest BCUT2D eigenvalue weighted by atomic mass is 10.1. The lowest BCUT2D eigenvalue weighted by Gasteiger charge is -2.25. The van der Waals surface area contributed by atoms with Crippen LogP contribution in [0.1, 0.15) is 30.1 Å². The molecule has 0 radical (unpaired) electrons. The molecule has 7 nitrogen and oxygen atoms in total. The Balaban J connectivity index is 2.06. The molecular formula is C18H26N2O5. The van der Waals surface area contributed by atoms with Gasteiger partial charge in [-0.25, -0.2) is 0 Å². The van der Waals surface area contributed by atoms with Gasteiger partial charge in [-0.2, -0.15) is 0 Å². The summed E-state index contributed by atoms with van der Waals surface area (Å²) in [6, 6.07) is 5.07. The first-order chi connectivity index (χ1) is 12.0. The van der Waals surface area contributed by atoms with Crippen LogP contribution in [0.4, 0.5) is 0 Å². The predicted octanol–water partition coefficient (Wildman–Crippen LogP) is 1.46. The van der Waals surface area contributed by atoms with Gasteiger partial charge in [0.2, 0.25) is 0 Å². The molecule has 0 saturated carbocycles. The zero-order chi connectivity index (χ0) is 18.2. The van der Waals surface area contributed by atoms with Crippen molar-refractivity contribution < 1.29 is 23.8 Å². The third-order valence-electron chi connectivity index (χ3n) is 4.01. The highest BCUT2D eigenvalue weighted by atomic mass is 16.5. The van der Waals surface area contributed by atoms with Gasteiger partial charge in [0.25, 0.3) is 5.91 Å². The summed E-state index contributed by atoms with van der Waals surface area (Å²) in [4.78, 5) is 25.3. The van der Waals surface area contributed by atoms with Crippen LogP contribution in [0.5, 0.6) is 11.5 Å². The van der Waals surface area contributed by atoms with Crippen LogP contribution in [-0.2, 0) is 9.53 Å². The van der Waals surface area contributed by atoms with Gasteiger partial charge in [-0.1, -0.05) is 0 Å². The number of esters is 1. The fourth-order valence-electron chi connectivity index (χ4n) is 2.68. The molecule has 0 spiro atoms. The minimum absolute atomic E-state index is 0.0949. The molecule has 1 amide bonds. The van der Waals surface area contributed by atoms with E-state index in [1.165, 1.54) is 4.90 Å². The summed E-state index contributed by atoms with van der Waals surface area (Å²) in [5.41, 5.74) is 0.432. The van der Waals surface area contributed by atoms with Crippen LogP contribution in [0.3, 0.4) is 0 Å². The van der Waals surface area contributed by atoms with Crippen molar-refractivity contribution in [3.05, 3.63) is 23.8 Å². The van der Waals surface area contributed by atoms with Crippen LogP contribution in [0.15, 0.2) is 18.2 Å². The number of likely N-dealkylation sites (N-methyl/N-ethyl adjacent to an activating group) is 1. The number of nitrogens with zero attached hydrogens (tertiary/aromatic N) is 1. The normalized spacial score (nSPS) is 14.7. The Labute approximate surface area is 148 Å². The SMILES string of the molecule is CCOC(=O)CN(C)C(=O)c1ccc(OC2CCNCC2)c(OC)c1. The number of methoxy groups -OCH3 is 1. The van der Waals surface area contributed by atoms with Gasteiger partial charge in [-0.05, 0) is 51.1 Å². The third-order valence-corrected chi connectivity index (χ3v) is 4.01. The Morgan fingerprint density at radius 3 is 2.60 bits per heavy atom. The van der Waals surface area contributed by atoms with Gasteiger partial charge in [0.15, 0.2) is 11.5 Å². The number of benzene rings is 1. The number of carbonyl (C=O) groups is 2. The summed E-state index contributed by atoms with van der Waals surface area (Å²) in [6.07, 6.45) is 2.02. The number of amides is 1. The minimum atomic E-state index is -0.434. The molecule has 1 heterocycles. The number of hydrogen-bond acceptors (Lipinski definition) is 6. The van der Waals surface area contributed by atoms with E-state index in [2.05, 4.69) is 5.32 Å². The molecule has 1 saturated heterocycles. The molecule has 0 aliphatic carbocycles. The van der Waals surface area contributed by atoms with Gasteiger partial charge >= 0.3 is 5.97 Å². The van der Waals surface area contributed by atoms with Crippen molar-refractivity contribution in [2.75, 3.05) is 40.4 Å². The van der Waals surface area contributed by atoms with Crippen LogP contribution in [0, 0.1) is 0 Å². The van der Waals surface area contributed by atoms with Gasteiger partial charge in [-0.3, -0.25) is 9.59 Å². The van der Waals surface area contributed by atoms with E-state index < -0.39 is 5.97 Å². The smallest absolute Gasteiger partial charge is 0.325 e. The van der Waals surface area contributed by atoms with E-state index in [4.69, 9.17) is 14.2 Å². The first-order valence-corrected chi connectivity index (χ1v) is 8.51. The molecule has 1 fully saturated rings. The highest BCUT2D eigenvalue weighted by molar-refractivity contribution is 5.96. The van der Waals surface area contributed by atoms with E-state index in [9.17, 15) is 9.59 Å². The second kappa shape index (κ2) is 9.27. The fourth-order valence-corrected chi connectivity index (χ4v) is 2.68. The largest absolute Gasteiger partial charge is 0.493 e. The summed E-state index contributed by atoms with van der Waals surface area (Å²) in [5.74, 6) is 0.420. The zero-order valence-electron chi connectivity index (χ0n) is 15.0. The second-order valence-electron chi connectivity index (χ2n) is 5.90. The molecule has 1 aliphatic rings. The molecule has 0 atom stereocenters. The Kier molecular flexibility index (Phi) is 7.06. The molecule has 1 aliphatic heterocycles. The highest BCUT2D eigenvalue weighted by Crippen LogP contribution is 2.30. The van der Waals surface area contributed by atoms with Crippen molar-refractivity contribution in [1.82, 2.24) is 10.2 Å². The minimum Gasteiger partial charge on any atom is -0.493 e. The molecular weight excluding hydrogens is 324 g/mol. The van der Waals surface area contributed by atoms with Gasteiger partial charge in [0.05, 0.1) is 13.7 Å². The summed E-state index contributed by atoms with van der Waals surface area (Å²) in [7, 11) is 3.10. The lowest BCUT2D eigenvalue weighted by Crippen LogP contribution is -2.34. The van der Waals surface area contributed by atoms with Crippen LogP contribution < -0.4 is 14.8 Å². The van der Waals surface area contributed by atoms with Gasteiger partial charge in [-0.15, -0.1) is 0 Å². The van der Waals surface area contributed by atoms with Crippen molar-refractivity contribution in [1.29, 1.82) is 0 Å². The summed E-state index contributed by atoms with van der Waals surface area (Å²) < 4.78 is 16.2. The molecule has 2 rings (SSSR count). The van der Waals surface area contributed by atoms with Crippen molar-refractivity contribution in [2.45, 2.75) is 25.9 Å². The number of hydrogen-bond donors (Lipinski definition) is 1. The number of piperidine rings is 1. The fraction of sp³-hybridized carbons (Fsp3) is 0.556. The topological polar surface area (TPSA) is 77.1 Å². The molecule has 0 aromatic heterocycles. The van der Waals surface area contributed by atoms with Crippen LogP contribution >= 0.6 is 0 Å². The maximum Gasteiger partial charge on any atom is 0.325 e. The standard InChI is InChI=1S/C18H26N2O5/c1-4-24-17(21)12-20(2)18(22)13-5-6-15(16(11-13)23-3)25-14-7-9-19-10-8-14/h5-6,11,14,19H,4,7-10,12H2,1-3H3. The maximum absolute atomic E-state index is 12.5. The molecule has 1 N–H and O–H groups in total. The van der Waals surface area contributed by atoms with Crippen LogP contribution in [0.2, 0.25) is 0 Å². The van der Waals surface area contributed by atoms with Crippen LogP contribution in [-0.4, -0.2) is 63.3 Å². The van der Waals surface area contributed by atoms with Gasteiger partial charge < -0.3 is 24.4 Å². The van der Waals surface area contributed by atoms with E-state index in [1.807, 2.05) is 0 Å².